The highest BCUT2D eigenvalue weighted by molar-refractivity contribution is 5.93. The quantitative estimate of drug-likeness (QED) is 0.887. The molecule has 0 bridgehead atoms. The van der Waals surface area contributed by atoms with Gasteiger partial charge in [-0.15, -0.1) is 0 Å². The summed E-state index contributed by atoms with van der Waals surface area (Å²) in [7, 11) is 0. The molecule has 1 aromatic heterocycles. The van der Waals surface area contributed by atoms with Crippen molar-refractivity contribution in [1.29, 1.82) is 0 Å². The molecule has 0 unspecified atom stereocenters. The van der Waals surface area contributed by atoms with Crippen molar-refractivity contribution in [2.24, 2.45) is 0 Å². The molecule has 0 radical (unpaired) electrons. The Kier molecular flexibility index (Phi) is 5.80. The lowest BCUT2D eigenvalue weighted by Crippen LogP contribution is -2.37. The van der Waals surface area contributed by atoms with Crippen LogP contribution in [0.3, 0.4) is 0 Å². The lowest BCUT2D eigenvalue weighted by molar-refractivity contribution is -0.129. The molecule has 0 atom stereocenters. The van der Waals surface area contributed by atoms with Crippen LogP contribution in [0.2, 0.25) is 0 Å². The van der Waals surface area contributed by atoms with Gasteiger partial charge in [-0.2, -0.15) is 0 Å². The first kappa shape index (κ1) is 16.6. The number of halogens is 1. The topological polar surface area (TPSA) is 62.3 Å². The lowest BCUT2D eigenvalue weighted by atomic mass is 10.2. The van der Waals surface area contributed by atoms with Gasteiger partial charge in [-0.1, -0.05) is 18.2 Å². The molecule has 5 nitrogen and oxygen atoms in total. The number of carbonyl (C=O) groups is 2. The van der Waals surface area contributed by atoms with Crippen LogP contribution in [0.1, 0.15) is 22.8 Å². The molecule has 1 heterocycles. The van der Waals surface area contributed by atoms with Crippen LogP contribution in [-0.4, -0.2) is 34.8 Å². The zero-order valence-corrected chi connectivity index (χ0v) is 12.8. The smallest absolute Gasteiger partial charge is 0.252 e. The van der Waals surface area contributed by atoms with Gasteiger partial charge >= 0.3 is 0 Å². The maximum Gasteiger partial charge on any atom is 0.252 e. The standard InChI is InChI=1S/C17H18FN3O2/c1-13(22)21(12-15-5-2-3-7-16(15)18)10-9-20-17(23)14-6-4-8-19-11-14/h2-8,11H,9-10,12H2,1H3,(H,20,23). The van der Waals surface area contributed by atoms with E-state index in [1.54, 1.807) is 36.5 Å². The first-order valence-electron chi connectivity index (χ1n) is 7.25. The summed E-state index contributed by atoms with van der Waals surface area (Å²) >= 11 is 0. The minimum absolute atomic E-state index is 0.171. The van der Waals surface area contributed by atoms with Crippen LogP contribution in [0, 0.1) is 5.82 Å². The summed E-state index contributed by atoms with van der Waals surface area (Å²) < 4.78 is 13.7. The SMILES string of the molecule is CC(=O)N(CCNC(=O)c1cccnc1)Cc1ccccc1F. The molecular formula is C17H18FN3O2. The largest absolute Gasteiger partial charge is 0.350 e. The number of aromatic nitrogens is 1. The number of nitrogens with one attached hydrogen (secondary N) is 1. The average Bonchev–Trinajstić information content (AvgIpc) is 2.56. The van der Waals surface area contributed by atoms with E-state index in [0.29, 0.717) is 17.7 Å². The summed E-state index contributed by atoms with van der Waals surface area (Å²) in [5, 5.41) is 2.72. The van der Waals surface area contributed by atoms with Crippen molar-refractivity contribution in [1.82, 2.24) is 15.2 Å². The predicted molar refractivity (Wildman–Crippen MR) is 84.1 cm³/mol. The molecule has 0 aliphatic rings. The van der Waals surface area contributed by atoms with Crippen molar-refractivity contribution in [3.8, 4) is 0 Å². The van der Waals surface area contributed by atoms with Gasteiger partial charge in [0.25, 0.3) is 5.91 Å². The van der Waals surface area contributed by atoms with Crippen molar-refractivity contribution in [3.63, 3.8) is 0 Å². The van der Waals surface area contributed by atoms with Crippen LogP contribution in [-0.2, 0) is 11.3 Å². The van der Waals surface area contributed by atoms with Crippen molar-refractivity contribution in [2.45, 2.75) is 13.5 Å². The number of benzene rings is 1. The van der Waals surface area contributed by atoms with Crippen LogP contribution in [0.4, 0.5) is 4.39 Å². The fraction of sp³-hybridized carbons (Fsp3) is 0.235. The second-order valence-corrected chi connectivity index (χ2v) is 5.03. The molecule has 6 heteroatoms. The van der Waals surface area contributed by atoms with E-state index < -0.39 is 0 Å². The zero-order chi connectivity index (χ0) is 16.7. The maximum absolute atomic E-state index is 13.7. The molecule has 23 heavy (non-hydrogen) atoms. The normalized spacial score (nSPS) is 10.2. The van der Waals surface area contributed by atoms with E-state index in [0.717, 1.165) is 0 Å². The van der Waals surface area contributed by atoms with Crippen LogP contribution in [0.15, 0.2) is 48.8 Å². The Hall–Kier alpha value is -2.76. The number of amides is 2. The zero-order valence-electron chi connectivity index (χ0n) is 12.8. The first-order valence-corrected chi connectivity index (χ1v) is 7.25. The second kappa shape index (κ2) is 8.03. The molecule has 2 aromatic rings. The Bertz CT molecular complexity index is 677. The number of rotatable bonds is 6. The molecular weight excluding hydrogens is 297 g/mol. The van der Waals surface area contributed by atoms with E-state index in [9.17, 15) is 14.0 Å². The Morgan fingerprint density at radius 2 is 2.00 bits per heavy atom. The number of pyridine rings is 1. The third-order valence-corrected chi connectivity index (χ3v) is 3.36. The van der Waals surface area contributed by atoms with E-state index >= 15 is 0 Å². The molecule has 2 rings (SSSR count). The molecule has 0 aliphatic heterocycles. The Morgan fingerprint density at radius 1 is 1.22 bits per heavy atom. The van der Waals surface area contributed by atoms with Crippen molar-refractivity contribution >= 4 is 11.8 Å². The van der Waals surface area contributed by atoms with Crippen molar-refractivity contribution < 1.29 is 14.0 Å². The molecule has 0 saturated heterocycles. The Balaban J connectivity index is 1.89. The molecule has 1 aromatic carbocycles. The Morgan fingerprint density at radius 3 is 2.65 bits per heavy atom. The second-order valence-electron chi connectivity index (χ2n) is 5.03. The van der Waals surface area contributed by atoms with Crippen LogP contribution in [0.5, 0.6) is 0 Å². The number of hydrogen-bond donors (Lipinski definition) is 1. The third kappa shape index (κ3) is 4.88. The number of nitrogens with zero attached hydrogens (tertiary/aromatic N) is 2. The summed E-state index contributed by atoms with van der Waals surface area (Å²) in [5.41, 5.74) is 0.900. The minimum atomic E-state index is -0.349. The highest BCUT2D eigenvalue weighted by Gasteiger charge is 2.12. The van der Waals surface area contributed by atoms with Crippen molar-refractivity contribution in [3.05, 3.63) is 65.7 Å². The monoisotopic (exact) mass is 315 g/mol. The van der Waals surface area contributed by atoms with Gasteiger partial charge < -0.3 is 10.2 Å². The molecule has 120 valence electrons. The molecule has 1 N–H and O–H groups in total. The molecule has 0 saturated carbocycles. The van der Waals surface area contributed by atoms with E-state index in [2.05, 4.69) is 10.3 Å². The fourth-order valence-corrected chi connectivity index (χ4v) is 2.08. The summed E-state index contributed by atoms with van der Waals surface area (Å²) in [6.45, 7) is 2.17. The summed E-state index contributed by atoms with van der Waals surface area (Å²) in [6.07, 6.45) is 3.06. The fourth-order valence-electron chi connectivity index (χ4n) is 2.08. The highest BCUT2D eigenvalue weighted by atomic mass is 19.1. The highest BCUT2D eigenvalue weighted by Crippen LogP contribution is 2.09. The molecule has 0 spiro atoms. The summed E-state index contributed by atoms with van der Waals surface area (Å²) in [4.78, 5) is 28.9. The molecule has 0 fully saturated rings. The number of hydrogen-bond acceptors (Lipinski definition) is 3. The van der Waals surface area contributed by atoms with E-state index in [1.165, 1.54) is 24.1 Å². The molecule has 0 aliphatic carbocycles. The Labute approximate surface area is 134 Å². The summed E-state index contributed by atoms with van der Waals surface area (Å²) in [6, 6.07) is 9.66. The van der Waals surface area contributed by atoms with E-state index in [4.69, 9.17) is 0 Å². The number of carbonyl (C=O) groups excluding carboxylic acids is 2. The van der Waals surface area contributed by atoms with Gasteiger partial charge in [-0.3, -0.25) is 14.6 Å². The van der Waals surface area contributed by atoms with Gasteiger partial charge in [-0.05, 0) is 18.2 Å². The van der Waals surface area contributed by atoms with Gasteiger partial charge in [0.2, 0.25) is 5.91 Å². The van der Waals surface area contributed by atoms with Gasteiger partial charge in [-0.25, -0.2) is 4.39 Å². The van der Waals surface area contributed by atoms with Gasteiger partial charge in [0.05, 0.1) is 5.56 Å². The van der Waals surface area contributed by atoms with E-state index in [-0.39, 0.29) is 30.7 Å². The van der Waals surface area contributed by atoms with Gasteiger partial charge in [0, 0.05) is 44.5 Å². The minimum Gasteiger partial charge on any atom is -0.350 e. The molecule has 2 amide bonds. The first-order chi connectivity index (χ1) is 11.1. The van der Waals surface area contributed by atoms with Crippen molar-refractivity contribution in [2.75, 3.05) is 13.1 Å². The van der Waals surface area contributed by atoms with Crippen LogP contribution in [0.25, 0.3) is 0 Å². The maximum atomic E-state index is 13.7. The van der Waals surface area contributed by atoms with Gasteiger partial charge in [0.1, 0.15) is 5.82 Å². The predicted octanol–water partition coefficient (Wildman–Crippen LogP) is 2.00. The lowest BCUT2D eigenvalue weighted by Gasteiger charge is -2.21. The van der Waals surface area contributed by atoms with Crippen LogP contribution >= 0.6 is 0 Å². The third-order valence-electron chi connectivity index (χ3n) is 3.36. The average molecular weight is 315 g/mol. The van der Waals surface area contributed by atoms with Crippen LogP contribution < -0.4 is 5.32 Å². The van der Waals surface area contributed by atoms with Gasteiger partial charge in [0.15, 0.2) is 0 Å². The van der Waals surface area contributed by atoms with E-state index in [1.807, 2.05) is 0 Å². The summed E-state index contributed by atoms with van der Waals surface area (Å²) in [5.74, 6) is -0.783.